The van der Waals surface area contributed by atoms with Crippen LogP contribution in [-0.2, 0) is 10.0 Å². The SMILES string of the molecule is Cc1ccc(F)cc1S(=O)(=O)NCC(Br)C(C)C. The molecule has 1 N–H and O–H groups in total. The zero-order valence-electron chi connectivity index (χ0n) is 10.6. The number of halogens is 2. The maximum Gasteiger partial charge on any atom is 0.240 e. The smallest absolute Gasteiger partial charge is 0.210 e. The molecule has 0 bridgehead atoms. The highest BCUT2D eigenvalue weighted by Gasteiger charge is 2.19. The molecule has 0 spiro atoms. The van der Waals surface area contributed by atoms with E-state index in [1.165, 1.54) is 12.1 Å². The van der Waals surface area contributed by atoms with Gasteiger partial charge in [-0.15, -0.1) is 0 Å². The molecular formula is C12H17BrFNO2S. The summed E-state index contributed by atoms with van der Waals surface area (Å²) in [6, 6.07) is 3.74. The topological polar surface area (TPSA) is 46.2 Å². The summed E-state index contributed by atoms with van der Waals surface area (Å²) in [5.74, 6) is -0.249. The Bertz CT molecular complexity index is 517. The number of alkyl halides is 1. The van der Waals surface area contributed by atoms with Crippen LogP contribution in [0, 0.1) is 18.7 Å². The van der Waals surface area contributed by atoms with Crippen LogP contribution in [0.4, 0.5) is 4.39 Å². The van der Waals surface area contributed by atoms with Gasteiger partial charge in [0.05, 0.1) is 4.90 Å². The Morgan fingerprint density at radius 3 is 2.56 bits per heavy atom. The molecule has 0 aliphatic heterocycles. The van der Waals surface area contributed by atoms with Gasteiger partial charge in [0.1, 0.15) is 5.82 Å². The van der Waals surface area contributed by atoms with Gasteiger partial charge in [-0.2, -0.15) is 0 Å². The summed E-state index contributed by atoms with van der Waals surface area (Å²) < 4.78 is 39.7. The summed E-state index contributed by atoms with van der Waals surface area (Å²) in [7, 11) is -3.66. The van der Waals surface area contributed by atoms with Gasteiger partial charge in [-0.25, -0.2) is 17.5 Å². The van der Waals surface area contributed by atoms with Crippen molar-refractivity contribution in [3.05, 3.63) is 29.6 Å². The molecule has 0 saturated heterocycles. The maximum absolute atomic E-state index is 13.1. The number of aryl methyl sites for hydroxylation is 1. The van der Waals surface area contributed by atoms with Crippen LogP contribution in [0.3, 0.4) is 0 Å². The number of sulfonamides is 1. The van der Waals surface area contributed by atoms with Crippen LogP contribution in [0.1, 0.15) is 19.4 Å². The number of nitrogens with one attached hydrogen (secondary N) is 1. The van der Waals surface area contributed by atoms with Crippen LogP contribution in [-0.4, -0.2) is 19.8 Å². The van der Waals surface area contributed by atoms with Crippen molar-refractivity contribution in [3.8, 4) is 0 Å². The molecule has 18 heavy (non-hydrogen) atoms. The van der Waals surface area contributed by atoms with Crippen LogP contribution in [0.25, 0.3) is 0 Å². The van der Waals surface area contributed by atoms with Gasteiger partial charge in [-0.1, -0.05) is 35.8 Å². The van der Waals surface area contributed by atoms with E-state index >= 15 is 0 Å². The van der Waals surface area contributed by atoms with E-state index in [-0.39, 0.29) is 16.3 Å². The average Bonchev–Trinajstić information content (AvgIpc) is 2.29. The van der Waals surface area contributed by atoms with Crippen LogP contribution < -0.4 is 4.72 Å². The zero-order chi connectivity index (χ0) is 13.9. The Morgan fingerprint density at radius 1 is 1.39 bits per heavy atom. The molecule has 6 heteroatoms. The summed E-state index contributed by atoms with van der Waals surface area (Å²) in [5, 5.41) is 0. The molecule has 1 aromatic rings. The van der Waals surface area contributed by atoms with Gasteiger partial charge in [-0.3, -0.25) is 0 Å². The Labute approximate surface area is 116 Å². The van der Waals surface area contributed by atoms with Crippen molar-refractivity contribution in [3.63, 3.8) is 0 Å². The predicted octanol–water partition coefficient (Wildman–Crippen LogP) is 2.83. The zero-order valence-corrected chi connectivity index (χ0v) is 13.0. The fourth-order valence-electron chi connectivity index (χ4n) is 1.37. The second-order valence-electron chi connectivity index (χ2n) is 4.52. The molecule has 0 heterocycles. The Kier molecular flexibility index (Phi) is 5.31. The summed E-state index contributed by atoms with van der Waals surface area (Å²) in [6.07, 6.45) is 0. The van der Waals surface area contributed by atoms with Gasteiger partial charge >= 0.3 is 0 Å². The molecule has 0 amide bonds. The van der Waals surface area contributed by atoms with Gasteiger partial charge in [0.25, 0.3) is 0 Å². The van der Waals surface area contributed by atoms with Crippen molar-refractivity contribution < 1.29 is 12.8 Å². The van der Waals surface area contributed by atoms with Crippen LogP contribution in [0.2, 0.25) is 0 Å². The molecule has 0 aliphatic carbocycles. The minimum atomic E-state index is -3.66. The van der Waals surface area contributed by atoms with Crippen molar-refractivity contribution in [2.75, 3.05) is 6.54 Å². The first kappa shape index (κ1) is 15.6. The van der Waals surface area contributed by atoms with Gasteiger partial charge in [-0.05, 0) is 30.5 Å². The first-order chi connectivity index (χ1) is 8.24. The van der Waals surface area contributed by atoms with Gasteiger partial charge in [0.2, 0.25) is 10.0 Å². The molecule has 1 rings (SSSR count). The monoisotopic (exact) mass is 337 g/mol. The second kappa shape index (κ2) is 6.12. The lowest BCUT2D eigenvalue weighted by atomic mass is 10.1. The van der Waals surface area contributed by atoms with Crippen molar-refractivity contribution >= 4 is 26.0 Å². The standard InChI is InChI=1S/C12H17BrFNO2S/c1-8(2)11(13)7-15-18(16,17)12-6-10(14)5-4-9(12)3/h4-6,8,11,15H,7H2,1-3H3. The third-order valence-corrected chi connectivity index (χ3v) is 5.58. The fraction of sp³-hybridized carbons (Fsp3) is 0.500. The van der Waals surface area contributed by atoms with Gasteiger partial charge < -0.3 is 0 Å². The van der Waals surface area contributed by atoms with E-state index in [0.717, 1.165) is 6.07 Å². The summed E-state index contributed by atoms with van der Waals surface area (Å²) in [6.45, 7) is 5.89. The second-order valence-corrected chi connectivity index (χ2v) is 7.43. The summed E-state index contributed by atoms with van der Waals surface area (Å²) >= 11 is 3.40. The fourth-order valence-corrected chi connectivity index (χ4v) is 3.06. The molecule has 0 aliphatic rings. The van der Waals surface area contributed by atoms with E-state index in [1.54, 1.807) is 6.92 Å². The van der Waals surface area contributed by atoms with Crippen molar-refractivity contribution in [2.45, 2.75) is 30.5 Å². The Hall–Kier alpha value is -0.460. The third-order valence-electron chi connectivity index (χ3n) is 2.63. The van der Waals surface area contributed by atoms with Crippen LogP contribution in [0.15, 0.2) is 23.1 Å². The lowest BCUT2D eigenvalue weighted by Crippen LogP contribution is -2.32. The number of hydrogen-bond donors (Lipinski definition) is 1. The Balaban J connectivity index is 2.90. The molecule has 0 aromatic heterocycles. The molecule has 1 unspecified atom stereocenters. The van der Waals surface area contributed by atoms with E-state index in [1.807, 2.05) is 13.8 Å². The predicted molar refractivity (Wildman–Crippen MR) is 73.9 cm³/mol. The normalized spacial score (nSPS) is 13.9. The lowest BCUT2D eigenvalue weighted by Gasteiger charge is -2.15. The largest absolute Gasteiger partial charge is 0.240 e. The molecule has 102 valence electrons. The number of benzene rings is 1. The lowest BCUT2D eigenvalue weighted by molar-refractivity contribution is 0.560. The van der Waals surface area contributed by atoms with Gasteiger partial charge in [0, 0.05) is 11.4 Å². The number of hydrogen-bond acceptors (Lipinski definition) is 2. The molecular weight excluding hydrogens is 321 g/mol. The molecule has 1 aromatic carbocycles. The van der Waals surface area contributed by atoms with Gasteiger partial charge in [0.15, 0.2) is 0 Å². The van der Waals surface area contributed by atoms with Crippen molar-refractivity contribution in [1.82, 2.24) is 4.72 Å². The van der Waals surface area contributed by atoms with Crippen molar-refractivity contribution in [1.29, 1.82) is 0 Å². The minimum absolute atomic E-state index is 0.00837. The minimum Gasteiger partial charge on any atom is -0.210 e. The third kappa shape index (κ3) is 4.03. The van der Waals surface area contributed by atoms with E-state index in [4.69, 9.17) is 0 Å². The summed E-state index contributed by atoms with van der Waals surface area (Å²) in [4.78, 5) is 0.0343. The highest BCUT2D eigenvalue weighted by atomic mass is 79.9. The highest BCUT2D eigenvalue weighted by molar-refractivity contribution is 9.09. The highest BCUT2D eigenvalue weighted by Crippen LogP contribution is 2.17. The first-order valence-electron chi connectivity index (χ1n) is 5.64. The quantitative estimate of drug-likeness (QED) is 0.839. The molecule has 0 fully saturated rings. The van der Waals surface area contributed by atoms with Crippen LogP contribution in [0.5, 0.6) is 0 Å². The molecule has 1 atom stereocenters. The number of rotatable bonds is 5. The van der Waals surface area contributed by atoms with Crippen LogP contribution >= 0.6 is 15.9 Å². The summed E-state index contributed by atoms with van der Waals surface area (Å²) in [5.41, 5.74) is 0.527. The average molecular weight is 338 g/mol. The van der Waals surface area contributed by atoms with E-state index < -0.39 is 15.8 Å². The molecule has 0 radical (unpaired) electrons. The Morgan fingerprint density at radius 2 is 2.00 bits per heavy atom. The van der Waals surface area contributed by atoms with E-state index in [0.29, 0.717) is 11.5 Å². The van der Waals surface area contributed by atoms with Crippen molar-refractivity contribution in [2.24, 2.45) is 5.92 Å². The van der Waals surface area contributed by atoms with E-state index in [2.05, 4.69) is 20.7 Å². The molecule has 3 nitrogen and oxygen atoms in total. The molecule has 0 saturated carbocycles. The van der Waals surface area contributed by atoms with E-state index in [9.17, 15) is 12.8 Å². The maximum atomic E-state index is 13.1. The first-order valence-corrected chi connectivity index (χ1v) is 8.04.